The number of hydrogen-bond donors (Lipinski definition) is 3. The zero-order valence-electron chi connectivity index (χ0n) is 16.1. The van der Waals surface area contributed by atoms with Gasteiger partial charge in [-0.2, -0.15) is 5.10 Å². The average molecular weight is 487 g/mol. The summed E-state index contributed by atoms with van der Waals surface area (Å²) in [6, 6.07) is 9.38. The van der Waals surface area contributed by atoms with E-state index in [-0.39, 0.29) is 36.6 Å². The second-order valence-electron chi connectivity index (χ2n) is 6.17. The molecule has 0 saturated heterocycles. The molecule has 0 aliphatic heterocycles. The van der Waals surface area contributed by atoms with E-state index in [0.29, 0.717) is 12.5 Å². The van der Waals surface area contributed by atoms with Crippen LogP contribution < -0.4 is 15.4 Å². The number of halogens is 1. The molecule has 0 spiro atoms. The Hall–Kier alpha value is -1.81. The van der Waals surface area contributed by atoms with Gasteiger partial charge in [0.2, 0.25) is 0 Å². The predicted octanol–water partition coefficient (Wildman–Crippen LogP) is 2.58. The van der Waals surface area contributed by atoms with Gasteiger partial charge in [0, 0.05) is 25.5 Å². The molecule has 150 valence electrons. The lowest BCUT2D eigenvalue weighted by molar-refractivity contribution is 0.186. The summed E-state index contributed by atoms with van der Waals surface area (Å²) in [4.78, 5) is 4.46. The Labute approximate surface area is 178 Å². The molecule has 1 heterocycles. The highest BCUT2D eigenvalue weighted by Gasteiger charge is 2.08. The van der Waals surface area contributed by atoms with Crippen LogP contribution in [0, 0.1) is 0 Å². The monoisotopic (exact) mass is 487 g/mol. The Balaban J connectivity index is 0.00000364. The largest absolute Gasteiger partial charge is 0.491 e. The number of guanidine groups is 1. The average Bonchev–Trinajstić information content (AvgIpc) is 3.13. The van der Waals surface area contributed by atoms with Gasteiger partial charge >= 0.3 is 0 Å². The van der Waals surface area contributed by atoms with Gasteiger partial charge in [0.15, 0.2) is 5.96 Å². The molecule has 0 aliphatic carbocycles. The summed E-state index contributed by atoms with van der Waals surface area (Å²) >= 11 is 0. The molecule has 1 aromatic carbocycles. The van der Waals surface area contributed by atoms with Crippen molar-refractivity contribution in [1.82, 2.24) is 20.4 Å². The van der Waals surface area contributed by atoms with Crippen LogP contribution in [-0.2, 0) is 6.54 Å². The van der Waals surface area contributed by atoms with E-state index in [9.17, 15) is 5.11 Å². The van der Waals surface area contributed by atoms with Crippen LogP contribution in [0.2, 0.25) is 0 Å². The van der Waals surface area contributed by atoms with Crippen LogP contribution in [-0.4, -0.2) is 46.6 Å². The summed E-state index contributed by atoms with van der Waals surface area (Å²) in [7, 11) is 0. The Morgan fingerprint density at radius 3 is 2.59 bits per heavy atom. The molecular weight excluding hydrogens is 457 g/mol. The molecule has 0 radical (unpaired) electrons. The van der Waals surface area contributed by atoms with Crippen molar-refractivity contribution in [2.75, 3.05) is 19.6 Å². The zero-order valence-corrected chi connectivity index (χ0v) is 18.5. The summed E-state index contributed by atoms with van der Waals surface area (Å²) in [5.74, 6) is 1.48. The van der Waals surface area contributed by atoms with Gasteiger partial charge in [0.25, 0.3) is 0 Å². The van der Waals surface area contributed by atoms with E-state index in [4.69, 9.17) is 4.74 Å². The van der Waals surface area contributed by atoms with Gasteiger partial charge in [0.1, 0.15) is 5.75 Å². The van der Waals surface area contributed by atoms with E-state index in [0.717, 1.165) is 24.4 Å². The Bertz CT molecular complexity index is 659. The van der Waals surface area contributed by atoms with Gasteiger partial charge in [0.05, 0.1) is 25.3 Å². The number of hydrogen-bond acceptors (Lipinski definition) is 4. The first kappa shape index (κ1) is 23.2. The number of aliphatic hydroxyl groups excluding tert-OH is 1. The number of benzene rings is 1. The SMILES string of the molecule is CCNC(=NCC(O)c1ccc(OC(C)C)cc1)NCCn1cccn1.I. The molecule has 0 saturated carbocycles. The molecule has 0 aliphatic rings. The van der Waals surface area contributed by atoms with Crippen LogP contribution in [0.3, 0.4) is 0 Å². The fourth-order valence-corrected chi connectivity index (χ4v) is 2.39. The van der Waals surface area contributed by atoms with Gasteiger partial charge in [-0.3, -0.25) is 9.67 Å². The maximum absolute atomic E-state index is 10.4. The summed E-state index contributed by atoms with van der Waals surface area (Å²) in [6.45, 7) is 8.46. The molecule has 2 rings (SSSR count). The van der Waals surface area contributed by atoms with E-state index in [1.165, 1.54) is 0 Å². The molecule has 0 bridgehead atoms. The van der Waals surface area contributed by atoms with Crippen molar-refractivity contribution in [2.24, 2.45) is 4.99 Å². The Morgan fingerprint density at radius 2 is 2.00 bits per heavy atom. The van der Waals surface area contributed by atoms with Crippen LogP contribution in [0.4, 0.5) is 0 Å². The standard InChI is InChI=1S/C19H29N5O2.HI/c1-4-20-19(21-11-13-24-12-5-10-23-24)22-14-18(25)16-6-8-17(9-7-16)26-15(2)3;/h5-10,12,15,18,25H,4,11,13-14H2,1-3H3,(H2,20,21,22);1H. The molecule has 2 aromatic rings. The molecule has 3 N–H and O–H groups in total. The minimum Gasteiger partial charge on any atom is -0.491 e. The van der Waals surface area contributed by atoms with Crippen LogP contribution in [0.25, 0.3) is 0 Å². The van der Waals surface area contributed by atoms with Crippen molar-refractivity contribution < 1.29 is 9.84 Å². The minimum atomic E-state index is -0.662. The smallest absolute Gasteiger partial charge is 0.191 e. The zero-order chi connectivity index (χ0) is 18.8. The van der Waals surface area contributed by atoms with Crippen molar-refractivity contribution in [2.45, 2.75) is 39.5 Å². The number of ether oxygens (including phenoxy) is 1. The number of nitrogens with one attached hydrogen (secondary N) is 2. The lowest BCUT2D eigenvalue weighted by atomic mass is 10.1. The molecule has 1 unspecified atom stereocenters. The fraction of sp³-hybridized carbons (Fsp3) is 0.474. The molecule has 27 heavy (non-hydrogen) atoms. The van der Waals surface area contributed by atoms with Crippen molar-refractivity contribution in [1.29, 1.82) is 0 Å². The molecule has 0 fully saturated rings. The number of aromatic nitrogens is 2. The highest BCUT2D eigenvalue weighted by atomic mass is 127. The van der Waals surface area contributed by atoms with Crippen LogP contribution in [0.5, 0.6) is 5.75 Å². The number of nitrogens with zero attached hydrogens (tertiary/aromatic N) is 3. The van der Waals surface area contributed by atoms with Crippen LogP contribution >= 0.6 is 24.0 Å². The minimum absolute atomic E-state index is 0. The van der Waals surface area contributed by atoms with Crippen LogP contribution in [0.15, 0.2) is 47.7 Å². The maximum atomic E-state index is 10.4. The lowest BCUT2D eigenvalue weighted by Gasteiger charge is -2.14. The van der Waals surface area contributed by atoms with Gasteiger partial charge < -0.3 is 20.5 Å². The third-order valence-electron chi connectivity index (χ3n) is 3.60. The number of aliphatic imine (C=N–C) groups is 1. The summed E-state index contributed by atoms with van der Waals surface area (Å²) in [5, 5.41) is 21.0. The van der Waals surface area contributed by atoms with Crippen molar-refractivity contribution in [3.05, 3.63) is 48.3 Å². The number of aliphatic hydroxyl groups is 1. The van der Waals surface area contributed by atoms with Gasteiger partial charge in [-0.1, -0.05) is 12.1 Å². The quantitative estimate of drug-likeness (QED) is 0.288. The van der Waals surface area contributed by atoms with Crippen molar-refractivity contribution in [3.8, 4) is 5.75 Å². The molecule has 8 heteroatoms. The third-order valence-corrected chi connectivity index (χ3v) is 3.60. The van der Waals surface area contributed by atoms with E-state index in [2.05, 4.69) is 20.7 Å². The highest BCUT2D eigenvalue weighted by molar-refractivity contribution is 14.0. The Kier molecular flexibility index (Phi) is 10.8. The van der Waals surface area contributed by atoms with Crippen LogP contribution in [0.1, 0.15) is 32.4 Å². The topological polar surface area (TPSA) is 83.7 Å². The summed E-state index contributed by atoms with van der Waals surface area (Å²) in [6.07, 6.45) is 3.14. The molecular formula is C19H30IN5O2. The van der Waals surface area contributed by atoms with Crippen molar-refractivity contribution in [3.63, 3.8) is 0 Å². The second kappa shape index (κ2) is 12.6. The Morgan fingerprint density at radius 1 is 1.26 bits per heavy atom. The first-order valence-electron chi connectivity index (χ1n) is 9.02. The fourth-order valence-electron chi connectivity index (χ4n) is 2.39. The van der Waals surface area contributed by atoms with E-state index in [1.807, 2.05) is 62.0 Å². The summed E-state index contributed by atoms with van der Waals surface area (Å²) in [5.41, 5.74) is 0.817. The lowest BCUT2D eigenvalue weighted by Crippen LogP contribution is -2.39. The normalized spacial score (nSPS) is 12.4. The van der Waals surface area contributed by atoms with Gasteiger partial charge in [-0.05, 0) is 44.5 Å². The maximum Gasteiger partial charge on any atom is 0.191 e. The molecule has 7 nitrogen and oxygen atoms in total. The second-order valence-corrected chi connectivity index (χ2v) is 6.17. The van der Waals surface area contributed by atoms with Gasteiger partial charge in [-0.15, -0.1) is 24.0 Å². The molecule has 1 atom stereocenters. The van der Waals surface area contributed by atoms with E-state index >= 15 is 0 Å². The van der Waals surface area contributed by atoms with Gasteiger partial charge in [-0.25, -0.2) is 0 Å². The van der Waals surface area contributed by atoms with Crippen molar-refractivity contribution >= 4 is 29.9 Å². The first-order valence-corrected chi connectivity index (χ1v) is 9.02. The molecule has 1 aromatic heterocycles. The highest BCUT2D eigenvalue weighted by Crippen LogP contribution is 2.19. The number of rotatable bonds is 9. The molecule has 0 amide bonds. The van der Waals surface area contributed by atoms with E-state index < -0.39 is 6.10 Å². The third kappa shape index (κ3) is 8.61. The summed E-state index contributed by atoms with van der Waals surface area (Å²) < 4.78 is 7.47. The predicted molar refractivity (Wildman–Crippen MR) is 119 cm³/mol. The first-order chi connectivity index (χ1) is 12.6. The van der Waals surface area contributed by atoms with E-state index in [1.54, 1.807) is 6.20 Å².